The molecule has 3 aromatic carbocycles. The molecule has 29 heavy (non-hydrogen) atoms. The SMILES string of the molecule is CN(C(=O)N[n+]1c(-c2cscn2)[nH]c2ccccc21)c1cccc2ccccc12. The number of benzene rings is 3. The molecular weight excluding hydrogens is 382 g/mol. The van der Waals surface area contributed by atoms with E-state index < -0.39 is 0 Å². The zero-order valence-corrected chi connectivity index (χ0v) is 16.5. The van der Waals surface area contributed by atoms with E-state index in [0.29, 0.717) is 0 Å². The Bertz CT molecular complexity index is 1320. The lowest BCUT2D eigenvalue weighted by Gasteiger charge is -2.19. The molecule has 2 aromatic heterocycles. The average Bonchev–Trinajstić information content (AvgIpc) is 3.41. The molecule has 0 radical (unpaired) electrons. The third-order valence-electron chi connectivity index (χ3n) is 4.94. The Labute approximate surface area is 171 Å². The van der Waals surface area contributed by atoms with E-state index in [9.17, 15) is 4.79 Å². The second-order valence-corrected chi connectivity index (χ2v) is 7.39. The van der Waals surface area contributed by atoms with Gasteiger partial charge in [-0.25, -0.2) is 14.8 Å². The van der Waals surface area contributed by atoms with E-state index in [-0.39, 0.29) is 6.03 Å². The number of hydrogen-bond acceptors (Lipinski definition) is 3. The van der Waals surface area contributed by atoms with Gasteiger partial charge in [0.05, 0.1) is 11.2 Å². The van der Waals surface area contributed by atoms with E-state index >= 15 is 0 Å². The number of para-hydroxylation sites is 2. The third kappa shape index (κ3) is 3.01. The smallest absolute Gasteiger partial charge is 0.294 e. The highest BCUT2D eigenvalue weighted by atomic mass is 32.1. The molecule has 0 unspecified atom stereocenters. The van der Waals surface area contributed by atoms with E-state index in [1.54, 1.807) is 22.1 Å². The fourth-order valence-corrected chi connectivity index (χ4v) is 4.02. The fraction of sp³-hybridized carbons (Fsp3) is 0.0455. The molecule has 0 aliphatic heterocycles. The molecular formula is C22H18N5OS+. The van der Waals surface area contributed by atoms with Crippen LogP contribution in [-0.2, 0) is 0 Å². The van der Waals surface area contributed by atoms with Gasteiger partial charge in [-0.05, 0) is 23.6 Å². The fourth-order valence-electron chi connectivity index (χ4n) is 3.48. The maximum atomic E-state index is 13.2. The summed E-state index contributed by atoms with van der Waals surface area (Å²) in [5, 5.41) is 4.06. The van der Waals surface area contributed by atoms with Crippen LogP contribution in [0.2, 0.25) is 0 Å². The van der Waals surface area contributed by atoms with Crippen LogP contribution in [-0.4, -0.2) is 23.0 Å². The molecule has 2 amide bonds. The minimum Gasteiger partial charge on any atom is -0.294 e. The minimum absolute atomic E-state index is 0.243. The van der Waals surface area contributed by atoms with Gasteiger partial charge in [0.25, 0.3) is 0 Å². The van der Waals surface area contributed by atoms with E-state index in [1.165, 1.54) is 11.3 Å². The number of rotatable bonds is 3. The lowest BCUT2D eigenvalue weighted by atomic mass is 10.1. The molecule has 0 fully saturated rings. The van der Waals surface area contributed by atoms with Gasteiger partial charge in [0.1, 0.15) is 0 Å². The standard InChI is InChI=1S/C22H17N5OS/c1-26(19-12-6-8-15-7-2-3-9-16(15)19)22(28)25-27-20-11-5-4-10-17(20)24-21(27)18-13-29-14-23-18/h2-14H,1H3,(H,25,28)/p+1. The van der Waals surface area contributed by atoms with E-state index in [0.717, 1.165) is 39.0 Å². The highest BCUT2D eigenvalue weighted by molar-refractivity contribution is 7.07. The zero-order valence-electron chi connectivity index (χ0n) is 15.7. The first-order valence-corrected chi connectivity index (χ1v) is 10.1. The number of carbonyl (C=O) groups is 1. The highest BCUT2D eigenvalue weighted by Crippen LogP contribution is 2.26. The van der Waals surface area contributed by atoms with Crippen LogP contribution in [0.15, 0.2) is 77.6 Å². The molecule has 5 aromatic rings. The van der Waals surface area contributed by atoms with Gasteiger partial charge in [0.15, 0.2) is 11.2 Å². The Hall–Kier alpha value is -3.71. The second kappa shape index (κ2) is 7.03. The van der Waals surface area contributed by atoms with Crippen LogP contribution in [0.4, 0.5) is 10.5 Å². The second-order valence-electron chi connectivity index (χ2n) is 6.67. The van der Waals surface area contributed by atoms with Crippen LogP contribution < -0.4 is 15.0 Å². The summed E-state index contributed by atoms with van der Waals surface area (Å²) >= 11 is 1.51. The van der Waals surface area contributed by atoms with Gasteiger partial charge >= 0.3 is 11.9 Å². The van der Waals surface area contributed by atoms with Crippen molar-refractivity contribution in [1.29, 1.82) is 0 Å². The summed E-state index contributed by atoms with van der Waals surface area (Å²) < 4.78 is 1.76. The number of anilines is 1. The number of urea groups is 1. The summed E-state index contributed by atoms with van der Waals surface area (Å²) in [6.45, 7) is 0. The van der Waals surface area contributed by atoms with Gasteiger partial charge in [-0.3, -0.25) is 4.90 Å². The summed E-state index contributed by atoms with van der Waals surface area (Å²) in [6, 6.07) is 21.6. The normalized spacial score (nSPS) is 11.1. The van der Waals surface area contributed by atoms with Crippen LogP contribution in [0.25, 0.3) is 33.3 Å². The van der Waals surface area contributed by atoms with Gasteiger partial charge in [-0.1, -0.05) is 48.5 Å². The van der Waals surface area contributed by atoms with Gasteiger partial charge in [0, 0.05) is 17.8 Å². The summed E-state index contributed by atoms with van der Waals surface area (Å²) in [7, 11) is 1.77. The number of carbonyl (C=O) groups excluding carboxylic acids is 1. The van der Waals surface area contributed by atoms with Crippen molar-refractivity contribution in [3.05, 3.63) is 77.6 Å². The molecule has 0 saturated carbocycles. The molecule has 0 aliphatic carbocycles. The first kappa shape index (κ1) is 17.4. The van der Waals surface area contributed by atoms with Crippen LogP contribution >= 0.6 is 11.3 Å². The maximum Gasteiger partial charge on any atom is 0.357 e. The number of aromatic amines is 1. The Morgan fingerprint density at radius 3 is 2.72 bits per heavy atom. The Morgan fingerprint density at radius 1 is 1.07 bits per heavy atom. The molecule has 142 valence electrons. The minimum atomic E-state index is -0.243. The van der Waals surface area contributed by atoms with Crippen LogP contribution in [0.5, 0.6) is 0 Å². The number of aromatic nitrogens is 3. The van der Waals surface area contributed by atoms with Gasteiger partial charge in [-0.15, -0.1) is 16.0 Å². The Morgan fingerprint density at radius 2 is 1.86 bits per heavy atom. The van der Waals surface area contributed by atoms with Gasteiger partial charge in [-0.2, -0.15) is 5.43 Å². The number of H-pyrrole nitrogens is 1. The monoisotopic (exact) mass is 400 g/mol. The van der Waals surface area contributed by atoms with E-state index in [2.05, 4.69) is 15.4 Å². The van der Waals surface area contributed by atoms with Crippen molar-refractivity contribution in [2.45, 2.75) is 0 Å². The van der Waals surface area contributed by atoms with Crippen LogP contribution in [0.1, 0.15) is 0 Å². The zero-order chi connectivity index (χ0) is 19.8. The van der Waals surface area contributed by atoms with Gasteiger partial charge in [0.2, 0.25) is 5.52 Å². The molecule has 2 N–H and O–H groups in total. The molecule has 5 rings (SSSR count). The Balaban J connectivity index is 1.55. The maximum absolute atomic E-state index is 13.2. The van der Waals surface area contributed by atoms with Crippen molar-refractivity contribution in [3.63, 3.8) is 0 Å². The number of imidazole rings is 1. The van der Waals surface area contributed by atoms with Crippen molar-refractivity contribution < 1.29 is 9.47 Å². The quantitative estimate of drug-likeness (QED) is 0.437. The summed E-state index contributed by atoms with van der Waals surface area (Å²) in [5.74, 6) is 0.729. The Kier molecular flexibility index (Phi) is 4.22. The van der Waals surface area contributed by atoms with Crippen LogP contribution in [0, 0.1) is 0 Å². The topological polar surface area (TPSA) is 64.9 Å². The van der Waals surface area contributed by atoms with E-state index in [1.807, 2.05) is 72.1 Å². The largest absolute Gasteiger partial charge is 0.357 e. The summed E-state index contributed by atoms with van der Waals surface area (Å²) in [5.41, 5.74) is 8.21. The molecule has 0 bridgehead atoms. The molecule has 0 aliphatic rings. The number of nitrogens with one attached hydrogen (secondary N) is 2. The number of thiazole rings is 1. The molecule has 0 saturated heterocycles. The van der Waals surface area contributed by atoms with Crippen molar-refractivity contribution >= 4 is 44.9 Å². The lowest BCUT2D eigenvalue weighted by Crippen LogP contribution is -2.53. The first-order chi connectivity index (χ1) is 14.2. The first-order valence-electron chi connectivity index (χ1n) is 9.16. The molecule has 2 heterocycles. The van der Waals surface area contributed by atoms with Crippen molar-refractivity contribution in [3.8, 4) is 11.5 Å². The van der Waals surface area contributed by atoms with Crippen molar-refractivity contribution in [2.24, 2.45) is 0 Å². The molecule has 0 spiro atoms. The molecule has 6 nitrogen and oxygen atoms in total. The van der Waals surface area contributed by atoms with Crippen molar-refractivity contribution in [2.75, 3.05) is 17.4 Å². The van der Waals surface area contributed by atoms with Crippen molar-refractivity contribution in [1.82, 2.24) is 9.97 Å². The summed E-state index contributed by atoms with van der Waals surface area (Å²) in [6.07, 6.45) is 0. The number of nitrogens with zero attached hydrogens (tertiary/aromatic N) is 3. The molecule has 0 atom stereocenters. The number of amides is 2. The van der Waals surface area contributed by atoms with E-state index in [4.69, 9.17) is 0 Å². The van der Waals surface area contributed by atoms with Crippen LogP contribution in [0.3, 0.4) is 0 Å². The highest BCUT2D eigenvalue weighted by Gasteiger charge is 2.25. The lowest BCUT2D eigenvalue weighted by molar-refractivity contribution is -0.602. The number of hydrogen-bond donors (Lipinski definition) is 2. The average molecular weight is 400 g/mol. The number of fused-ring (bicyclic) bond motifs is 2. The third-order valence-corrected chi connectivity index (χ3v) is 5.52. The predicted octanol–water partition coefficient (Wildman–Crippen LogP) is 4.53. The molecule has 7 heteroatoms. The van der Waals surface area contributed by atoms with Gasteiger partial charge < -0.3 is 0 Å². The predicted molar refractivity (Wildman–Crippen MR) is 117 cm³/mol. The summed E-state index contributed by atoms with van der Waals surface area (Å²) in [4.78, 5) is 22.6.